The average molecular weight is 775 g/mol. The van der Waals surface area contributed by atoms with Gasteiger partial charge in [-0.15, -0.1) is 0 Å². The van der Waals surface area contributed by atoms with Crippen LogP contribution in [0.5, 0.6) is 0 Å². The molecular weight excluding hydrogens is 720 g/mol. The van der Waals surface area contributed by atoms with Crippen LogP contribution in [0.4, 0.5) is 9.59 Å². The predicted octanol–water partition coefficient (Wildman–Crippen LogP) is 4.80. The minimum atomic E-state index is -0.758. The van der Waals surface area contributed by atoms with Crippen LogP contribution in [-0.2, 0) is 28.7 Å². The van der Waals surface area contributed by atoms with Crippen molar-refractivity contribution < 1.29 is 38.2 Å². The van der Waals surface area contributed by atoms with E-state index in [1.807, 2.05) is 27.7 Å². The minimum Gasteiger partial charge on any atom is -0.453 e. The predicted molar refractivity (Wildman–Crippen MR) is 204 cm³/mol. The molecule has 2 aromatic rings. The number of hydrogen-bond acceptors (Lipinski definition) is 10. The van der Waals surface area contributed by atoms with Crippen molar-refractivity contribution in [1.82, 2.24) is 40.4 Å². The molecule has 16 heteroatoms. The highest BCUT2D eigenvalue weighted by molar-refractivity contribution is 6.46. The fourth-order valence-electron chi connectivity index (χ4n) is 8.48. The molecular formula is C40H54N8O8. The maximum absolute atomic E-state index is 13.6. The first kappa shape index (κ1) is 40.4. The molecule has 4 amide bonds. The van der Waals surface area contributed by atoms with E-state index >= 15 is 0 Å². The second-order valence-electron chi connectivity index (χ2n) is 15.8. The summed E-state index contributed by atoms with van der Waals surface area (Å²) in [4.78, 5) is 97.6. The fourth-order valence-corrected chi connectivity index (χ4v) is 8.48. The Morgan fingerprint density at radius 3 is 1.84 bits per heavy atom. The molecule has 5 unspecified atom stereocenters. The normalized spacial score (nSPS) is 24.0. The molecule has 16 nitrogen and oxygen atoms in total. The van der Waals surface area contributed by atoms with Gasteiger partial charge in [0.15, 0.2) is 0 Å². The Bertz CT molecular complexity index is 1910. The molecule has 302 valence electrons. The van der Waals surface area contributed by atoms with E-state index in [-0.39, 0.29) is 35.7 Å². The van der Waals surface area contributed by atoms with Crippen molar-refractivity contribution in [1.29, 1.82) is 0 Å². The van der Waals surface area contributed by atoms with Crippen molar-refractivity contribution in [3.05, 3.63) is 52.7 Å². The molecule has 2 aliphatic heterocycles. The summed E-state index contributed by atoms with van der Waals surface area (Å²) in [6, 6.07) is -2.05. The first-order valence-corrected chi connectivity index (χ1v) is 19.7. The number of likely N-dealkylation sites (tertiary alicyclic amines) is 2. The Kier molecular flexibility index (Phi) is 12.4. The zero-order valence-corrected chi connectivity index (χ0v) is 33.1. The highest BCUT2D eigenvalue weighted by Crippen LogP contribution is 2.39. The van der Waals surface area contributed by atoms with E-state index in [0.29, 0.717) is 74.5 Å². The molecule has 2 aromatic heterocycles. The highest BCUT2D eigenvalue weighted by atomic mass is 16.5. The molecule has 1 saturated carbocycles. The first-order valence-electron chi connectivity index (χ1n) is 19.7. The summed E-state index contributed by atoms with van der Waals surface area (Å²) in [5.74, 6) is -0.978. The average Bonchev–Trinajstić information content (AvgIpc) is 4.03. The standard InChI is InChI=1S/C40H54N8O8/c1-21(2)31(45-39(53)55-5)37(51)47-17-7-9-29(47)35-41-19-27(43-35)24-13-11-23(12-14-24)25-15-16-26(34(50)33(25)49)28-20-42-36(44-28)30-10-8-18-48(30)38(52)32(22(3)4)46-40(54)56-6/h13,19-22,26,29-32H,7-12,14-18H2,1-6H3,(H,41,43)(H,42,44)(H,45,53)(H,46,54)/b25-23-. The summed E-state index contributed by atoms with van der Waals surface area (Å²) in [7, 11) is 2.53. The SMILES string of the molecule is COC(=O)NC(C(=O)N1CCCC1c1ncc(C2=CC/C(=C3\CCC(c4cnc(C5CCCN5C(=O)C(NC(=O)OC)C(C)C)[nH]4)C(=O)C3=O)CC2)[nH]1)C(C)C. The van der Waals surface area contributed by atoms with E-state index in [4.69, 9.17) is 9.47 Å². The van der Waals surface area contributed by atoms with Gasteiger partial charge in [0, 0.05) is 30.6 Å². The lowest BCUT2D eigenvalue weighted by Gasteiger charge is -2.30. The van der Waals surface area contributed by atoms with E-state index in [1.165, 1.54) is 14.2 Å². The number of aromatic nitrogens is 4. The maximum atomic E-state index is 13.6. The second kappa shape index (κ2) is 17.2. The molecule has 5 atom stereocenters. The summed E-state index contributed by atoms with van der Waals surface area (Å²) in [6.45, 7) is 8.55. The molecule has 0 aromatic carbocycles. The number of aromatic amines is 2. The number of ketones is 2. The zero-order chi connectivity index (χ0) is 40.3. The number of carbonyl (C=O) groups excluding carboxylic acids is 6. The van der Waals surface area contributed by atoms with Crippen LogP contribution in [0, 0.1) is 11.8 Å². The van der Waals surface area contributed by atoms with Crippen LogP contribution in [0.2, 0.25) is 0 Å². The first-order chi connectivity index (χ1) is 26.8. The number of imidazole rings is 2. The lowest BCUT2D eigenvalue weighted by molar-refractivity contribution is -0.136. The smallest absolute Gasteiger partial charge is 0.407 e. The number of alkyl carbamates (subject to hydrolysis) is 2. The van der Waals surface area contributed by atoms with Crippen molar-refractivity contribution >= 4 is 41.1 Å². The number of H-pyrrole nitrogens is 2. The summed E-state index contributed by atoms with van der Waals surface area (Å²) in [5, 5.41) is 5.33. The number of methoxy groups -OCH3 is 2. The van der Waals surface area contributed by atoms with Crippen LogP contribution in [0.1, 0.15) is 127 Å². The van der Waals surface area contributed by atoms with Crippen molar-refractivity contribution in [2.24, 2.45) is 11.8 Å². The summed E-state index contributed by atoms with van der Waals surface area (Å²) >= 11 is 0. The van der Waals surface area contributed by atoms with Gasteiger partial charge in [0.05, 0.1) is 44.1 Å². The van der Waals surface area contributed by atoms with Gasteiger partial charge in [0.1, 0.15) is 23.7 Å². The van der Waals surface area contributed by atoms with Crippen LogP contribution in [0.25, 0.3) is 5.57 Å². The number of hydrogen-bond donors (Lipinski definition) is 4. The number of allylic oxidation sites excluding steroid dienone is 4. The second-order valence-corrected chi connectivity index (χ2v) is 15.8. The molecule has 4 aliphatic rings. The lowest BCUT2D eigenvalue weighted by atomic mass is 9.78. The van der Waals surface area contributed by atoms with Gasteiger partial charge in [0.25, 0.3) is 0 Å². The van der Waals surface area contributed by atoms with E-state index in [9.17, 15) is 28.8 Å². The maximum Gasteiger partial charge on any atom is 0.407 e. The third-order valence-corrected chi connectivity index (χ3v) is 11.6. The molecule has 56 heavy (non-hydrogen) atoms. The van der Waals surface area contributed by atoms with Crippen LogP contribution in [0.15, 0.2) is 29.6 Å². The molecule has 0 spiro atoms. The van der Waals surface area contributed by atoms with E-state index < -0.39 is 41.8 Å². The Morgan fingerprint density at radius 1 is 0.768 bits per heavy atom. The molecule has 3 fully saturated rings. The number of nitrogens with one attached hydrogen (secondary N) is 4. The van der Waals surface area contributed by atoms with Crippen LogP contribution < -0.4 is 10.6 Å². The Balaban J connectivity index is 1.09. The highest BCUT2D eigenvalue weighted by Gasteiger charge is 2.41. The summed E-state index contributed by atoms with van der Waals surface area (Å²) in [6.07, 6.45) is 9.99. The topological polar surface area (TPSA) is 209 Å². The lowest BCUT2D eigenvalue weighted by Crippen LogP contribution is -2.51. The van der Waals surface area contributed by atoms with Gasteiger partial charge in [0.2, 0.25) is 23.4 Å². The fraction of sp³-hybridized carbons (Fsp3) is 0.600. The molecule has 0 bridgehead atoms. The summed E-state index contributed by atoms with van der Waals surface area (Å²) < 4.78 is 9.47. The van der Waals surface area contributed by atoms with Gasteiger partial charge in [-0.2, -0.15) is 0 Å². The molecule has 4 heterocycles. The van der Waals surface area contributed by atoms with Crippen molar-refractivity contribution in [2.45, 2.75) is 116 Å². The Morgan fingerprint density at radius 2 is 1.32 bits per heavy atom. The van der Waals surface area contributed by atoms with Gasteiger partial charge < -0.3 is 39.9 Å². The van der Waals surface area contributed by atoms with Crippen LogP contribution in [0.3, 0.4) is 0 Å². The van der Waals surface area contributed by atoms with Gasteiger partial charge >= 0.3 is 12.2 Å². The molecule has 6 rings (SSSR count). The van der Waals surface area contributed by atoms with Crippen molar-refractivity contribution in [2.75, 3.05) is 27.3 Å². The van der Waals surface area contributed by atoms with Gasteiger partial charge in [-0.05, 0) is 75.2 Å². The number of ether oxygens (including phenoxy) is 2. The van der Waals surface area contributed by atoms with Crippen molar-refractivity contribution in [3.8, 4) is 0 Å². The molecule has 2 saturated heterocycles. The number of amides is 4. The van der Waals surface area contributed by atoms with E-state index in [1.54, 1.807) is 22.2 Å². The Hall–Kier alpha value is -5.28. The van der Waals surface area contributed by atoms with Crippen molar-refractivity contribution in [3.63, 3.8) is 0 Å². The monoisotopic (exact) mass is 774 g/mol. The zero-order valence-electron chi connectivity index (χ0n) is 33.1. The number of Topliss-reactive ketones (excluding diaryl/α,β-unsaturated/α-hetero) is 2. The van der Waals surface area contributed by atoms with Crippen LogP contribution >= 0.6 is 0 Å². The molecule has 4 N–H and O–H groups in total. The van der Waals surface area contributed by atoms with Gasteiger partial charge in [-0.3, -0.25) is 19.2 Å². The van der Waals surface area contributed by atoms with Gasteiger partial charge in [-0.25, -0.2) is 19.6 Å². The largest absolute Gasteiger partial charge is 0.453 e. The number of nitrogens with zero attached hydrogens (tertiary/aromatic N) is 4. The summed E-state index contributed by atoms with van der Waals surface area (Å²) in [5.41, 5.74) is 4.06. The minimum absolute atomic E-state index is 0.129. The van der Waals surface area contributed by atoms with Crippen LogP contribution in [-0.4, -0.2) is 105 Å². The molecule has 0 radical (unpaired) electrons. The van der Waals surface area contributed by atoms with E-state index in [0.717, 1.165) is 36.1 Å². The Labute approximate surface area is 326 Å². The number of rotatable bonds is 10. The third kappa shape index (κ3) is 8.28. The molecule has 2 aliphatic carbocycles. The number of carbonyl (C=O) groups is 6. The van der Waals surface area contributed by atoms with E-state index in [2.05, 4.69) is 36.6 Å². The quantitative estimate of drug-likeness (QED) is 0.191. The third-order valence-electron chi connectivity index (χ3n) is 11.6. The van der Waals surface area contributed by atoms with Gasteiger partial charge in [-0.1, -0.05) is 39.3 Å².